The fourth-order valence-corrected chi connectivity index (χ4v) is 6.24. The molecule has 1 aromatic rings. The summed E-state index contributed by atoms with van der Waals surface area (Å²) in [4.78, 5) is 57.2. The van der Waals surface area contributed by atoms with Crippen molar-refractivity contribution in [2.45, 2.75) is 61.7 Å². The number of carbonyl (C=O) groups excluding carboxylic acids is 1. The van der Waals surface area contributed by atoms with E-state index in [4.69, 9.17) is 18.9 Å². The Labute approximate surface area is 253 Å². The van der Waals surface area contributed by atoms with E-state index in [1.165, 1.54) is 7.11 Å². The summed E-state index contributed by atoms with van der Waals surface area (Å²) in [5.74, 6) is -0.559. The van der Waals surface area contributed by atoms with Gasteiger partial charge in [0.05, 0.1) is 26.4 Å². The molecule has 0 spiro atoms. The van der Waals surface area contributed by atoms with Crippen LogP contribution in [0, 0.1) is 0 Å². The molecule has 2 aliphatic heterocycles. The number of aromatic amines is 1. The Hall–Kier alpha value is -1.95. The lowest BCUT2D eigenvalue weighted by atomic mass is 9.99. The molecule has 9 N–H and O–H groups in total. The summed E-state index contributed by atoms with van der Waals surface area (Å²) >= 11 is 0. The van der Waals surface area contributed by atoms with Crippen LogP contribution in [0.15, 0.2) is 21.9 Å². The highest BCUT2D eigenvalue weighted by Crippen LogP contribution is 2.61. The number of phosphoric ester groups is 2. The molecular weight excluding hydrogens is 660 g/mol. The lowest BCUT2D eigenvalue weighted by molar-refractivity contribution is -0.273. The molecule has 1 amide bonds. The predicted octanol–water partition coefficient (Wildman–Crippen LogP) is -4.62. The summed E-state index contributed by atoms with van der Waals surface area (Å²) in [6, 6.07) is 0.926. The maximum Gasteiger partial charge on any atom is 0.483 e. The number of hydrogen-bond acceptors (Lipinski definition) is 17. The van der Waals surface area contributed by atoms with Crippen LogP contribution < -0.4 is 16.6 Å². The highest BCUT2D eigenvalue weighted by Gasteiger charge is 2.49. The van der Waals surface area contributed by atoms with E-state index < -0.39 is 101 Å². The Morgan fingerprint density at radius 1 is 0.956 bits per heavy atom. The maximum absolute atomic E-state index is 12.5. The van der Waals surface area contributed by atoms with Crippen molar-refractivity contribution in [1.82, 2.24) is 14.9 Å². The summed E-state index contributed by atoms with van der Waals surface area (Å²) in [5.41, 5.74) is -1.76. The van der Waals surface area contributed by atoms with E-state index >= 15 is 0 Å². The number of aromatic nitrogens is 2. The molecule has 11 atom stereocenters. The molecule has 1 aromatic heterocycles. The van der Waals surface area contributed by atoms with Crippen LogP contribution in [0.25, 0.3) is 0 Å². The summed E-state index contributed by atoms with van der Waals surface area (Å²) in [6.07, 6.45) is -15.7. The van der Waals surface area contributed by atoms with Crippen LogP contribution in [0.2, 0.25) is 0 Å². The van der Waals surface area contributed by atoms with Gasteiger partial charge >= 0.3 is 21.3 Å². The van der Waals surface area contributed by atoms with Crippen molar-refractivity contribution in [1.29, 1.82) is 0 Å². The van der Waals surface area contributed by atoms with E-state index in [1.807, 2.05) is 4.98 Å². The fraction of sp³-hybridized carbons (Fsp3) is 0.762. The number of ether oxygens (including phenoxy) is 4. The second kappa shape index (κ2) is 16.2. The van der Waals surface area contributed by atoms with Crippen molar-refractivity contribution < 1.29 is 81.5 Å². The minimum absolute atomic E-state index is 0.0345. The lowest BCUT2D eigenvalue weighted by Crippen LogP contribution is -2.60. The number of hydrogen-bond donors (Lipinski definition) is 9. The molecule has 0 saturated carbocycles. The van der Waals surface area contributed by atoms with Gasteiger partial charge in [0.25, 0.3) is 5.56 Å². The van der Waals surface area contributed by atoms with Gasteiger partial charge in [0.15, 0.2) is 12.5 Å². The number of amides is 1. The predicted molar refractivity (Wildman–Crippen MR) is 142 cm³/mol. The van der Waals surface area contributed by atoms with Crippen LogP contribution >= 0.6 is 15.6 Å². The first-order chi connectivity index (χ1) is 21.0. The van der Waals surface area contributed by atoms with Crippen molar-refractivity contribution in [2.24, 2.45) is 0 Å². The summed E-state index contributed by atoms with van der Waals surface area (Å²) < 4.78 is 59.3. The van der Waals surface area contributed by atoms with Gasteiger partial charge in [-0.05, 0) is 0 Å². The molecule has 22 nitrogen and oxygen atoms in total. The van der Waals surface area contributed by atoms with Gasteiger partial charge < -0.3 is 59.6 Å². The second-order valence-electron chi connectivity index (χ2n) is 9.66. The molecular formula is C21H35N3O19P2. The topological polar surface area (TPSA) is 324 Å². The molecule has 24 heteroatoms. The van der Waals surface area contributed by atoms with Crippen molar-refractivity contribution in [3.8, 4) is 0 Å². The van der Waals surface area contributed by atoms with Gasteiger partial charge in [-0.2, -0.15) is 4.31 Å². The van der Waals surface area contributed by atoms with E-state index in [1.54, 1.807) is 0 Å². The molecule has 258 valence electrons. The SMILES string of the molecule is COCCOCCC(=O)NCC1O[C@H](OP(=O)(O)OP(=O)(O)OCC2OC(n3ccc(=O)[nH]c3=O)[C@H](O)[C@@H]2O)C(O)C(O)[C@H]1O. The molecule has 2 fully saturated rings. The highest BCUT2D eigenvalue weighted by molar-refractivity contribution is 7.61. The zero-order valence-electron chi connectivity index (χ0n) is 23.5. The number of rotatable bonds is 16. The van der Waals surface area contributed by atoms with Crippen LogP contribution in [0.3, 0.4) is 0 Å². The van der Waals surface area contributed by atoms with Crippen molar-refractivity contribution in [2.75, 3.05) is 40.1 Å². The molecule has 0 radical (unpaired) electrons. The van der Waals surface area contributed by atoms with E-state index in [-0.39, 0.29) is 19.6 Å². The molecule has 7 unspecified atom stereocenters. The van der Waals surface area contributed by atoms with E-state index in [9.17, 15) is 58.8 Å². The second-order valence-corrected chi connectivity index (χ2v) is 12.7. The van der Waals surface area contributed by atoms with E-state index in [0.717, 1.165) is 16.8 Å². The Kier molecular flexibility index (Phi) is 13.5. The highest BCUT2D eigenvalue weighted by atomic mass is 31.3. The van der Waals surface area contributed by atoms with Crippen LogP contribution in [0.5, 0.6) is 0 Å². The number of carbonyl (C=O) groups is 1. The van der Waals surface area contributed by atoms with E-state index in [0.29, 0.717) is 6.61 Å². The van der Waals surface area contributed by atoms with Crippen molar-refractivity contribution >= 4 is 21.6 Å². The standard InChI is InChI=1S/C21H35N3O19P2/c1-37-6-7-38-5-3-12(25)22-8-10-14(27)16(29)18(31)20(41-10)42-45(35,36)43-44(33,34)39-9-11-15(28)17(30)19(40-11)24-4-2-13(26)23-21(24)32/h2,4,10-11,14-20,27-31H,3,5-9H2,1H3,(H,22,25)(H,33,34)(H,35,36)(H,23,26,32)/t10?,11?,14-,15+,16?,17+,18?,19?,20+/m0/s1. The third-order valence-corrected chi connectivity index (χ3v) is 8.98. The number of phosphoric acid groups is 2. The minimum Gasteiger partial charge on any atom is -0.388 e. The minimum atomic E-state index is -5.68. The Bertz CT molecular complexity index is 1340. The van der Waals surface area contributed by atoms with Gasteiger partial charge in [-0.25, -0.2) is 13.9 Å². The molecule has 0 bridgehead atoms. The zero-order chi connectivity index (χ0) is 33.5. The number of nitrogens with zero attached hydrogens (tertiary/aromatic N) is 1. The molecule has 0 aliphatic carbocycles. The van der Waals surface area contributed by atoms with E-state index in [2.05, 4.69) is 18.7 Å². The molecule has 3 rings (SSSR count). The van der Waals surface area contributed by atoms with Gasteiger partial charge in [0.1, 0.15) is 42.7 Å². The van der Waals surface area contributed by atoms with Crippen LogP contribution in [0.4, 0.5) is 0 Å². The number of methoxy groups -OCH3 is 1. The van der Waals surface area contributed by atoms with Gasteiger partial charge in [0.2, 0.25) is 5.91 Å². The molecule has 45 heavy (non-hydrogen) atoms. The van der Waals surface area contributed by atoms with Gasteiger partial charge in [0, 0.05) is 32.3 Å². The van der Waals surface area contributed by atoms with Crippen molar-refractivity contribution in [3.63, 3.8) is 0 Å². The Balaban J connectivity index is 1.54. The number of H-pyrrole nitrogens is 1. The summed E-state index contributed by atoms with van der Waals surface area (Å²) in [7, 11) is -9.75. The molecule has 2 aliphatic rings. The fourth-order valence-electron chi connectivity index (χ4n) is 4.08. The Morgan fingerprint density at radius 3 is 2.31 bits per heavy atom. The average molecular weight is 695 g/mol. The monoisotopic (exact) mass is 695 g/mol. The first-order valence-corrected chi connectivity index (χ1v) is 16.1. The largest absolute Gasteiger partial charge is 0.483 e. The first kappa shape index (κ1) is 37.5. The van der Waals surface area contributed by atoms with Crippen molar-refractivity contribution in [3.05, 3.63) is 33.1 Å². The molecule has 2 saturated heterocycles. The summed E-state index contributed by atoms with van der Waals surface area (Å²) in [5, 5.41) is 53.3. The summed E-state index contributed by atoms with van der Waals surface area (Å²) in [6.45, 7) is -0.929. The van der Waals surface area contributed by atoms with Gasteiger partial charge in [-0.1, -0.05) is 0 Å². The number of nitrogens with one attached hydrogen (secondary N) is 2. The quantitative estimate of drug-likeness (QED) is 0.0580. The lowest BCUT2D eigenvalue weighted by Gasteiger charge is -2.40. The molecule has 0 aromatic carbocycles. The first-order valence-electron chi connectivity index (χ1n) is 13.1. The number of aliphatic hydroxyl groups excluding tert-OH is 5. The van der Waals surface area contributed by atoms with Gasteiger partial charge in [-0.3, -0.25) is 28.2 Å². The zero-order valence-corrected chi connectivity index (χ0v) is 25.3. The van der Waals surface area contributed by atoms with Gasteiger partial charge in [-0.15, -0.1) is 0 Å². The Morgan fingerprint density at radius 2 is 1.64 bits per heavy atom. The van der Waals surface area contributed by atoms with Crippen LogP contribution in [-0.4, -0.2) is 140 Å². The number of aliphatic hydroxyl groups is 5. The third kappa shape index (κ3) is 10.5. The smallest absolute Gasteiger partial charge is 0.388 e. The van der Waals surface area contributed by atoms with Crippen LogP contribution in [-0.2, 0) is 46.2 Å². The average Bonchev–Trinajstić information content (AvgIpc) is 3.23. The van der Waals surface area contributed by atoms with Crippen LogP contribution in [0.1, 0.15) is 12.6 Å². The normalized spacial score (nSPS) is 32.9. The maximum atomic E-state index is 12.5. The molecule has 3 heterocycles. The third-order valence-electron chi connectivity index (χ3n) is 6.38.